The van der Waals surface area contributed by atoms with Gasteiger partial charge in [-0.2, -0.15) is 5.10 Å². The van der Waals surface area contributed by atoms with Crippen molar-refractivity contribution in [2.45, 2.75) is 32.7 Å². The molecule has 7 nitrogen and oxygen atoms in total. The van der Waals surface area contributed by atoms with Gasteiger partial charge in [-0.1, -0.05) is 13.8 Å². The van der Waals surface area contributed by atoms with Gasteiger partial charge < -0.3 is 15.0 Å². The summed E-state index contributed by atoms with van der Waals surface area (Å²) in [6.45, 7) is 11.7. The van der Waals surface area contributed by atoms with E-state index >= 15 is 0 Å². The first-order valence-corrected chi connectivity index (χ1v) is 9.76. The highest BCUT2D eigenvalue weighted by atomic mass is 16.5. The second-order valence-corrected chi connectivity index (χ2v) is 8.40. The molecule has 1 N–H and O–H groups in total. The molecule has 0 aliphatic carbocycles. The number of carbonyl (C=O) groups excluding carboxylic acids is 1. The summed E-state index contributed by atoms with van der Waals surface area (Å²) in [4.78, 5) is 17.0. The highest BCUT2D eigenvalue weighted by Gasteiger charge is 2.28. The Kier molecular flexibility index (Phi) is 6.32. The van der Waals surface area contributed by atoms with Gasteiger partial charge in [-0.3, -0.25) is 14.4 Å². The van der Waals surface area contributed by atoms with Gasteiger partial charge >= 0.3 is 0 Å². The minimum atomic E-state index is 0.00238. The molecule has 0 spiro atoms. The van der Waals surface area contributed by atoms with Crippen LogP contribution in [0.1, 0.15) is 43.2 Å². The molecule has 2 fully saturated rings. The number of nitrogens with zero attached hydrogens (tertiary/aromatic N) is 4. The molecule has 0 aromatic carbocycles. The fourth-order valence-electron chi connectivity index (χ4n) is 4.04. The van der Waals surface area contributed by atoms with Gasteiger partial charge in [0, 0.05) is 46.0 Å². The average molecular weight is 364 g/mol. The number of morpholine rings is 1. The summed E-state index contributed by atoms with van der Waals surface area (Å²) in [5.74, 6) is 0.00238. The minimum Gasteiger partial charge on any atom is -0.379 e. The van der Waals surface area contributed by atoms with Crippen molar-refractivity contribution in [2.75, 3.05) is 59.5 Å². The van der Waals surface area contributed by atoms with E-state index in [0.29, 0.717) is 18.3 Å². The van der Waals surface area contributed by atoms with E-state index in [-0.39, 0.29) is 11.3 Å². The first-order valence-electron chi connectivity index (χ1n) is 9.76. The van der Waals surface area contributed by atoms with Crippen molar-refractivity contribution < 1.29 is 9.53 Å². The third kappa shape index (κ3) is 5.05. The standard InChI is InChI=1S/C19H33N5O2/c1-19(2,15-23-9-11-26-12-10-23)14-22(3)18(25)17-6-8-24(21-17)16-5-4-7-20-13-16/h6,8,16,20H,4-5,7,9-15H2,1-3H3. The van der Waals surface area contributed by atoms with Crippen LogP contribution < -0.4 is 5.32 Å². The molecule has 2 aliphatic heterocycles. The van der Waals surface area contributed by atoms with Crippen LogP contribution in [0.2, 0.25) is 0 Å². The van der Waals surface area contributed by atoms with E-state index in [2.05, 4.69) is 29.2 Å². The second-order valence-electron chi connectivity index (χ2n) is 8.40. The number of ether oxygens (including phenoxy) is 1. The number of rotatable bonds is 6. The summed E-state index contributed by atoms with van der Waals surface area (Å²) in [7, 11) is 1.88. The van der Waals surface area contributed by atoms with Gasteiger partial charge in [0.2, 0.25) is 0 Å². The summed E-state index contributed by atoms with van der Waals surface area (Å²) in [6.07, 6.45) is 4.21. The van der Waals surface area contributed by atoms with Crippen molar-refractivity contribution >= 4 is 5.91 Å². The zero-order valence-electron chi connectivity index (χ0n) is 16.4. The van der Waals surface area contributed by atoms with Crippen LogP contribution in [0.3, 0.4) is 0 Å². The predicted molar refractivity (Wildman–Crippen MR) is 101 cm³/mol. The topological polar surface area (TPSA) is 62.6 Å². The Morgan fingerprint density at radius 3 is 2.88 bits per heavy atom. The highest BCUT2D eigenvalue weighted by Crippen LogP contribution is 2.21. The maximum absolute atomic E-state index is 12.8. The van der Waals surface area contributed by atoms with Gasteiger partial charge in [0.15, 0.2) is 0 Å². The van der Waals surface area contributed by atoms with Crippen molar-refractivity contribution in [1.82, 2.24) is 24.9 Å². The normalized spacial score (nSPS) is 22.3. The Labute approximate surface area is 156 Å². The first-order chi connectivity index (χ1) is 12.4. The molecule has 2 saturated heterocycles. The number of nitrogens with one attached hydrogen (secondary N) is 1. The number of amides is 1. The molecule has 1 aromatic rings. The molecule has 3 rings (SSSR count). The van der Waals surface area contributed by atoms with E-state index in [1.165, 1.54) is 0 Å². The number of piperidine rings is 1. The molecule has 1 aromatic heterocycles. The molecule has 1 unspecified atom stereocenters. The lowest BCUT2D eigenvalue weighted by atomic mass is 9.91. The van der Waals surface area contributed by atoms with E-state index in [0.717, 1.165) is 58.8 Å². The lowest BCUT2D eigenvalue weighted by Crippen LogP contribution is -2.46. The lowest BCUT2D eigenvalue weighted by Gasteiger charge is -2.37. The van der Waals surface area contributed by atoms with E-state index in [1.807, 2.05) is 28.9 Å². The fraction of sp³-hybridized carbons (Fsp3) is 0.789. The highest BCUT2D eigenvalue weighted by molar-refractivity contribution is 5.92. The SMILES string of the molecule is CN(CC(C)(C)CN1CCOCC1)C(=O)c1ccn(C2CCCNC2)n1. The van der Waals surface area contributed by atoms with Crippen LogP contribution in [0.5, 0.6) is 0 Å². The zero-order chi connectivity index (χ0) is 18.6. The van der Waals surface area contributed by atoms with Crippen molar-refractivity contribution in [3.8, 4) is 0 Å². The average Bonchev–Trinajstić information content (AvgIpc) is 3.12. The maximum Gasteiger partial charge on any atom is 0.274 e. The van der Waals surface area contributed by atoms with E-state index < -0.39 is 0 Å². The van der Waals surface area contributed by atoms with Gasteiger partial charge in [-0.15, -0.1) is 0 Å². The summed E-state index contributed by atoms with van der Waals surface area (Å²) < 4.78 is 7.37. The molecule has 2 aliphatic rings. The van der Waals surface area contributed by atoms with Crippen molar-refractivity contribution in [3.05, 3.63) is 18.0 Å². The van der Waals surface area contributed by atoms with Gasteiger partial charge in [-0.25, -0.2) is 0 Å². The zero-order valence-corrected chi connectivity index (χ0v) is 16.4. The molecular weight excluding hydrogens is 330 g/mol. The van der Waals surface area contributed by atoms with Crippen LogP contribution >= 0.6 is 0 Å². The number of carbonyl (C=O) groups is 1. The van der Waals surface area contributed by atoms with Gasteiger partial charge in [0.05, 0.1) is 19.3 Å². The maximum atomic E-state index is 12.8. The van der Waals surface area contributed by atoms with Crippen molar-refractivity contribution in [2.24, 2.45) is 5.41 Å². The van der Waals surface area contributed by atoms with Crippen LogP contribution in [0.4, 0.5) is 0 Å². The lowest BCUT2D eigenvalue weighted by molar-refractivity contribution is 0.0162. The Morgan fingerprint density at radius 2 is 2.19 bits per heavy atom. The van der Waals surface area contributed by atoms with Crippen LogP contribution in [-0.4, -0.2) is 85.0 Å². The smallest absolute Gasteiger partial charge is 0.274 e. The third-order valence-electron chi connectivity index (χ3n) is 5.24. The summed E-state index contributed by atoms with van der Waals surface area (Å²) >= 11 is 0. The van der Waals surface area contributed by atoms with Gasteiger partial charge in [0.25, 0.3) is 5.91 Å². The summed E-state index contributed by atoms with van der Waals surface area (Å²) in [5, 5.41) is 7.95. The molecule has 7 heteroatoms. The minimum absolute atomic E-state index is 0.00238. The van der Waals surface area contributed by atoms with Crippen LogP contribution in [0.15, 0.2) is 12.3 Å². The van der Waals surface area contributed by atoms with E-state index in [4.69, 9.17) is 4.74 Å². The largest absolute Gasteiger partial charge is 0.379 e. The van der Waals surface area contributed by atoms with E-state index in [1.54, 1.807) is 0 Å². The molecule has 1 amide bonds. The monoisotopic (exact) mass is 363 g/mol. The second kappa shape index (κ2) is 8.50. The van der Waals surface area contributed by atoms with Crippen LogP contribution in [-0.2, 0) is 4.74 Å². The molecule has 3 heterocycles. The predicted octanol–water partition coefficient (Wildman–Crippen LogP) is 1.24. The molecule has 0 radical (unpaired) electrons. The molecule has 0 bridgehead atoms. The summed E-state index contributed by atoms with van der Waals surface area (Å²) in [5.41, 5.74) is 0.567. The Hall–Kier alpha value is -1.44. The molecule has 0 saturated carbocycles. The third-order valence-corrected chi connectivity index (χ3v) is 5.24. The molecular formula is C19H33N5O2. The number of hydrogen-bond acceptors (Lipinski definition) is 5. The number of hydrogen-bond donors (Lipinski definition) is 1. The van der Waals surface area contributed by atoms with Gasteiger partial charge in [0.1, 0.15) is 5.69 Å². The fourth-order valence-corrected chi connectivity index (χ4v) is 4.04. The Balaban J connectivity index is 1.55. The Bertz CT molecular complexity index is 589. The van der Waals surface area contributed by atoms with Crippen molar-refractivity contribution in [1.29, 1.82) is 0 Å². The summed E-state index contributed by atoms with van der Waals surface area (Å²) in [6, 6.07) is 2.20. The van der Waals surface area contributed by atoms with Crippen LogP contribution in [0, 0.1) is 5.41 Å². The Morgan fingerprint density at radius 1 is 1.42 bits per heavy atom. The number of aromatic nitrogens is 2. The van der Waals surface area contributed by atoms with Crippen molar-refractivity contribution in [3.63, 3.8) is 0 Å². The van der Waals surface area contributed by atoms with E-state index in [9.17, 15) is 4.79 Å². The molecule has 1 atom stereocenters. The van der Waals surface area contributed by atoms with Crippen LogP contribution in [0.25, 0.3) is 0 Å². The molecule has 146 valence electrons. The quantitative estimate of drug-likeness (QED) is 0.824. The molecule has 26 heavy (non-hydrogen) atoms. The van der Waals surface area contributed by atoms with Gasteiger partial charge in [-0.05, 0) is 30.9 Å². The first kappa shape index (κ1) is 19.3.